The van der Waals surface area contributed by atoms with Gasteiger partial charge in [0.1, 0.15) is 10.7 Å². The van der Waals surface area contributed by atoms with Crippen LogP contribution in [0.15, 0.2) is 41.0 Å². The number of nitrogens with two attached hydrogens (primary N) is 1. The number of anilines is 2. The molecule has 1 heterocycles. The Labute approximate surface area is 120 Å². The molecular formula is C13H12BrN3S. The molecule has 1 aromatic carbocycles. The van der Waals surface area contributed by atoms with Gasteiger partial charge in [0.05, 0.1) is 5.69 Å². The molecule has 0 unspecified atom stereocenters. The number of hydrogen-bond donors (Lipinski definition) is 2. The summed E-state index contributed by atoms with van der Waals surface area (Å²) in [6, 6.07) is 9.76. The van der Waals surface area contributed by atoms with E-state index in [2.05, 4.69) is 26.2 Å². The van der Waals surface area contributed by atoms with Gasteiger partial charge in [-0.05, 0) is 42.8 Å². The number of nitrogens with one attached hydrogen (secondary N) is 1. The van der Waals surface area contributed by atoms with E-state index in [-0.39, 0.29) is 4.99 Å². The van der Waals surface area contributed by atoms with Crippen molar-refractivity contribution < 1.29 is 0 Å². The van der Waals surface area contributed by atoms with Crippen LogP contribution in [0.3, 0.4) is 0 Å². The van der Waals surface area contributed by atoms with Crippen LogP contribution >= 0.6 is 28.1 Å². The van der Waals surface area contributed by atoms with Crippen LogP contribution in [0.4, 0.5) is 11.4 Å². The molecule has 0 atom stereocenters. The van der Waals surface area contributed by atoms with Crippen LogP contribution in [0.25, 0.3) is 0 Å². The van der Waals surface area contributed by atoms with E-state index in [1.165, 1.54) is 0 Å². The number of benzene rings is 1. The Bertz CT molecular complexity index is 599. The van der Waals surface area contributed by atoms with Crippen molar-refractivity contribution >= 4 is 44.5 Å². The van der Waals surface area contributed by atoms with Gasteiger partial charge in [0.25, 0.3) is 0 Å². The highest BCUT2D eigenvalue weighted by Crippen LogP contribution is 2.24. The molecule has 92 valence electrons. The number of aromatic nitrogens is 1. The third kappa shape index (κ3) is 2.86. The average molecular weight is 322 g/mol. The molecule has 3 nitrogen and oxygen atoms in total. The third-order valence-corrected chi connectivity index (χ3v) is 3.56. The van der Waals surface area contributed by atoms with Gasteiger partial charge in [-0.1, -0.05) is 28.1 Å². The van der Waals surface area contributed by atoms with E-state index in [1.54, 1.807) is 6.20 Å². The lowest BCUT2D eigenvalue weighted by Gasteiger charge is -2.11. The maximum Gasteiger partial charge on any atom is 0.124 e. The Hall–Kier alpha value is -1.46. The summed E-state index contributed by atoms with van der Waals surface area (Å²) in [4.78, 5) is 4.46. The number of rotatable bonds is 3. The van der Waals surface area contributed by atoms with Crippen molar-refractivity contribution in [3.8, 4) is 0 Å². The van der Waals surface area contributed by atoms with E-state index < -0.39 is 0 Å². The number of pyridine rings is 1. The standard InChI is InChI=1S/C13H12BrN3S/c1-8-7-9(4-5-10(8)14)17-11-3-2-6-16-12(11)13(15)18/h2-7,17H,1H3,(H2,15,18). The third-order valence-electron chi connectivity index (χ3n) is 2.48. The van der Waals surface area contributed by atoms with Gasteiger partial charge in [-0.15, -0.1) is 0 Å². The van der Waals surface area contributed by atoms with E-state index in [0.29, 0.717) is 5.69 Å². The maximum absolute atomic E-state index is 5.64. The zero-order valence-corrected chi connectivity index (χ0v) is 12.2. The topological polar surface area (TPSA) is 50.9 Å². The summed E-state index contributed by atoms with van der Waals surface area (Å²) in [5, 5.41) is 3.27. The first-order valence-corrected chi connectivity index (χ1v) is 6.56. The summed E-state index contributed by atoms with van der Waals surface area (Å²) in [5.41, 5.74) is 9.19. The summed E-state index contributed by atoms with van der Waals surface area (Å²) in [6.07, 6.45) is 1.67. The summed E-state index contributed by atoms with van der Waals surface area (Å²) >= 11 is 8.45. The Morgan fingerprint density at radius 1 is 1.39 bits per heavy atom. The van der Waals surface area contributed by atoms with E-state index in [9.17, 15) is 0 Å². The second kappa shape index (κ2) is 5.46. The van der Waals surface area contributed by atoms with Gasteiger partial charge in [0, 0.05) is 16.4 Å². The highest BCUT2D eigenvalue weighted by molar-refractivity contribution is 9.10. The SMILES string of the molecule is Cc1cc(Nc2cccnc2C(N)=S)ccc1Br. The maximum atomic E-state index is 5.64. The molecule has 2 aromatic rings. The summed E-state index contributed by atoms with van der Waals surface area (Å²) in [7, 11) is 0. The first kappa shape index (κ1) is 13.0. The lowest BCUT2D eigenvalue weighted by molar-refractivity contribution is 1.28. The van der Waals surface area contributed by atoms with Crippen LogP contribution in [-0.2, 0) is 0 Å². The van der Waals surface area contributed by atoms with Crippen LogP contribution in [-0.4, -0.2) is 9.97 Å². The summed E-state index contributed by atoms with van der Waals surface area (Å²) < 4.78 is 1.08. The van der Waals surface area contributed by atoms with Crippen molar-refractivity contribution in [3.05, 3.63) is 52.3 Å². The fraction of sp³-hybridized carbons (Fsp3) is 0.0769. The summed E-state index contributed by atoms with van der Waals surface area (Å²) in [5.74, 6) is 0. The van der Waals surface area contributed by atoms with Crippen molar-refractivity contribution in [2.75, 3.05) is 5.32 Å². The van der Waals surface area contributed by atoms with Gasteiger partial charge in [0.15, 0.2) is 0 Å². The number of halogens is 1. The zero-order chi connectivity index (χ0) is 13.1. The molecule has 3 N–H and O–H groups in total. The van der Waals surface area contributed by atoms with Gasteiger partial charge < -0.3 is 11.1 Å². The second-order valence-electron chi connectivity index (χ2n) is 3.85. The van der Waals surface area contributed by atoms with Crippen LogP contribution in [0.5, 0.6) is 0 Å². The molecule has 0 aliphatic heterocycles. The van der Waals surface area contributed by atoms with Gasteiger partial charge >= 0.3 is 0 Å². The molecule has 0 saturated carbocycles. The predicted molar refractivity (Wildman–Crippen MR) is 82.3 cm³/mol. The molecule has 0 saturated heterocycles. The second-order valence-corrected chi connectivity index (χ2v) is 5.15. The fourth-order valence-electron chi connectivity index (χ4n) is 1.58. The number of thiocarbonyl (C=S) groups is 1. The highest BCUT2D eigenvalue weighted by Gasteiger charge is 2.06. The monoisotopic (exact) mass is 321 g/mol. The zero-order valence-electron chi connectivity index (χ0n) is 9.77. The van der Waals surface area contributed by atoms with Crippen LogP contribution < -0.4 is 11.1 Å². The number of aryl methyl sites for hydroxylation is 1. The minimum absolute atomic E-state index is 0.284. The average Bonchev–Trinajstić information content (AvgIpc) is 2.34. The minimum atomic E-state index is 0.284. The van der Waals surface area contributed by atoms with Gasteiger partial charge in [-0.2, -0.15) is 0 Å². The Kier molecular flexibility index (Phi) is 3.93. The molecule has 0 spiro atoms. The first-order valence-electron chi connectivity index (χ1n) is 5.36. The molecule has 1 aromatic heterocycles. The van der Waals surface area contributed by atoms with Gasteiger partial charge in [0.2, 0.25) is 0 Å². The van der Waals surface area contributed by atoms with Gasteiger partial charge in [-0.25, -0.2) is 0 Å². The van der Waals surface area contributed by atoms with E-state index >= 15 is 0 Å². The summed E-state index contributed by atoms with van der Waals surface area (Å²) in [6.45, 7) is 2.03. The molecule has 18 heavy (non-hydrogen) atoms. The van der Waals surface area contributed by atoms with Crippen molar-refractivity contribution in [2.24, 2.45) is 5.73 Å². The van der Waals surface area contributed by atoms with E-state index in [0.717, 1.165) is 21.4 Å². The van der Waals surface area contributed by atoms with E-state index in [4.69, 9.17) is 18.0 Å². The fourth-order valence-corrected chi connectivity index (χ4v) is 1.99. The quantitative estimate of drug-likeness (QED) is 0.849. The molecule has 0 radical (unpaired) electrons. The molecule has 5 heteroatoms. The molecule has 0 amide bonds. The predicted octanol–water partition coefficient (Wildman–Crippen LogP) is 3.53. The molecule has 0 fully saturated rings. The first-order chi connectivity index (χ1) is 8.58. The van der Waals surface area contributed by atoms with Crippen LogP contribution in [0, 0.1) is 6.92 Å². The molecular weight excluding hydrogens is 310 g/mol. The largest absolute Gasteiger partial charge is 0.388 e. The lowest BCUT2D eigenvalue weighted by atomic mass is 10.2. The van der Waals surface area contributed by atoms with E-state index in [1.807, 2.05) is 37.3 Å². The van der Waals surface area contributed by atoms with Crippen molar-refractivity contribution in [3.63, 3.8) is 0 Å². The Morgan fingerprint density at radius 3 is 2.83 bits per heavy atom. The molecule has 0 aliphatic rings. The Morgan fingerprint density at radius 2 is 2.17 bits per heavy atom. The lowest BCUT2D eigenvalue weighted by Crippen LogP contribution is -2.13. The Balaban J connectivity index is 2.34. The number of hydrogen-bond acceptors (Lipinski definition) is 3. The van der Waals surface area contributed by atoms with Crippen LogP contribution in [0.2, 0.25) is 0 Å². The highest BCUT2D eigenvalue weighted by atomic mass is 79.9. The van der Waals surface area contributed by atoms with Crippen molar-refractivity contribution in [2.45, 2.75) is 6.92 Å². The van der Waals surface area contributed by atoms with Crippen LogP contribution in [0.1, 0.15) is 11.3 Å². The van der Waals surface area contributed by atoms with Gasteiger partial charge in [-0.3, -0.25) is 4.98 Å². The minimum Gasteiger partial charge on any atom is -0.388 e. The molecule has 0 aliphatic carbocycles. The molecule has 0 bridgehead atoms. The normalized spacial score (nSPS) is 10.1. The van der Waals surface area contributed by atoms with Crippen molar-refractivity contribution in [1.82, 2.24) is 4.98 Å². The smallest absolute Gasteiger partial charge is 0.124 e. The van der Waals surface area contributed by atoms with Crippen molar-refractivity contribution in [1.29, 1.82) is 0 Å². The molecule has 2 rings (SSSR count). The number of nitrogens with zero attached hydrogens (tertiary/aromatic N) is 1.